The maximum atomic E-state index is 14.4. The van der Waals surface area contributed by atoms with Gasteiger partial charge in [0.1, 0.15) is 30.3 Å². The Balaban J connectivity index is 1.78. The minimum Gasteiger partial charge on any atom is -0.462 e. The fraction of sp³-hybridized carbons (Fsp3) is 0.696. The summed E-state index contributed by atoms with van der Waals surface area (Å²) in [5.74, 6) is -0.699. The lowest BCUT2D eigenvalue weighted by Crippen LogP contribution is -2.44. The number of nitrogens with one attached hydrogen (secondary N) is 1. The molecule has 1 aliphatic rings. The van der Waals surface area contributed by atoms with Crippen molar-refractivity contribution in [1.82, 2.24) is 29.3 Å². The average Bonchev–Trinajstić information content (AvgIpc) is 3.46. The molecule has 1 aliphatic heterocycles. The molecule has 1 saturated heterocycles. The van der Waals surface area contributed by atoms with Gasteiger partial charge in [0, 0.05) is 6.54 Å². The smallest absolute Gasteiger partial charge is 0.324 e. The van der Waals surface area contributed by atoms with E-state index in [4.69, 9.17) is 19.9 Å². The highest BCUT2D eigenvalue weighted by Gasteiger charge is 2.45. The predicted octanol–water partition coefficient (Wildman–Crippen LogP) is 2.31. The van der Waals surface area contributed by atoms with Crippen molar-refractivity contribution in [2.24, 2.45) is 0 Å². The van der Waals surface area contributed by atoms with Crippen LogP contribution in [0.3, 0.4) is 0 Å². The second-order valence-corrected chi connectivity index (χ2v) is 12.2. The minimum atomic E-state index is -3.58. The van der Waals surface area contributed by atoms with Gasteiger partial charge < -0.3 is 24.5 Å². The standard InChI is InChI=1S/C23H38N7O6P/c1-14(2)35-22(31)17(6)28-37(33,30-9-7-8-18(30)23(32)36-15(3)4)13-34-16(5)10-29-12-27-19-20(24)25-11-26-21(19)29/h11-12,14-18H,7-10,13H2,1-6H3,(H,28,33)(H2,24,25,26)/t16-,17-,18+,37+/m1/s1. The Morgan fingerprint density at radius 1 is 1.14 bits per heavy atom. The number of hydrogen-bond acceptors (Lipinski definition) is 10. The van der Waals surface area contributed by atoms with Crippen LogP contribution in [-0.2, 0) is 34.9 Å². The van der Waals surface area contributed by atoms with Gasteiger partial charge in [-0.3, -0.25) is 14.2 Å². The van der Waals surface area contributed by atoms with E-state index in [1.54, 1.807) is 50.2 Å². The predicted molar refractivity (Wildman–Crippen MR) is 138 cm³/mol. The van der Waals surface area contributed by atoms with Gasteiger partial charge in [-0.1, -0.05) is 0 Å². The van der Waals surface area contributed by atoms with Gasteiger partial charge >= 0.3 is 11.9 Å². The first kappa shape index (κ1) is 29.0. The number of rotatable bonds is 12. The van der Waals surface area contributed by atoms with E-state index in [9.17, 15) is 14.2 Å². The van der Waals surface area contributed by atoms with Crippen LogP contribution in [-0.4, -0.2) is 79.4 Å². The first-order chi connectivity index (χ1) is 17.4. The monoisotopic (exact) mass is 539 g/mol. The van der Waals surface area contributed by atoms with E-state index in [0.29, 0.717) is 37.1 Å². The van der Waals surface area contributed by atoms with Crippen LogP contribution in [0, 0.1) is 0 Å². The summed E-state index contributed by atoms with van der Waals surface area (Å²) in [6.07, 6.45) is 2.84. The largest absolute Gasteiger partial charge is 0.462 e. The van der Waals surface area contributed by atoms with Crippen molar-refractivity contribution in [2.75, 3.05) is 18.6 Å². The first-order valence-electron chi connectivity index (χ1n) is 12.5. The van der Waals surface area contributed by atoms with E-state index in [1.165, 1.54) is 6.33 Å². The molecule has 3 heterocycles. The molecular formula is C23H38N7O6P. The van der Waals surface area contributed by atoms with Crippen LogP contribution in [0.5, 0.6) is 0 Å². The molecule has 2 aromatic heterocycles. The quantitative estimate of drug-likeness (QED) is 0.299. The molecule has 0 amide bonds. The van der Waals surface area contributed by atoms with Gasteiger partial charge in [0.15, 0.2) is 11.5 Å². The van der Waals surface area contributed by atoms with E-state index in [2.05, 4.69) is 20.0 Å². The number of esters is 2. The van der Waals surface area contributed by atoms with E-state index >= 15 is 0 Å². The number of ether oxygens (including phenoxy) is 3. The van der Waals surface area contributed by atoms with E-state index in [0.717, 1.165) is 0 Å². The SMILES string of the molecule is CC(C)OC(=O)[C@@H](C)N[P@@](=O)(CO[C@H](C)Cn1cnc2c(N)ncnc21)N1CCC[C@H]1C(=O)OC(C)C. The summed E-state index contributed by atoms with van der Waals surface area (Å²) in [4.78, 5) is 37.8. The van der Waals surface area contributed by atoms with E-state index in [1.807, 2.05) is 6.92 Å². The summed E-state index contributed by atoms with van der Waals surface area (Å²) < 4.78 is 34.5. The second kappa shape index (κ2) is 12.3. The number of anilines is 1. The van der Waals surface area contributed by atoms with Crippen molar-refractivity contribution < 1.29 is 28.4 Å². The van der Waals surface area contributed by atoms with Crippen LogP contribution in [0.1, 0.15) is 54.4 Å². The van der Waals surface area contributed by atoms with Crippen LogP contribution in [0.4, 0.5) is 5.82 Å². The molecule has 0 spiro atoms. The number of aromatic nitrogens is 4. The summed E-state index contributed by atoms with van der Waals surface area (Å²) in [5.41, 5.74) is 6.92. The van der Waals surface area contributed by atoms with E-state index < -0.39 is 37.6 Å². The topological polar surface area (TPSA) is 164 Å². The summed E-state index contributed by atoms with van der Waals surface area (Å²) in [7, 11) is -3.58. The molecule has 0 aromatic carbocycles. The molecular weight excluding hydrogens is 501 g/mol. The second-order valence-electron chi connectivity index (χ2n) is 9.78. The summed E-state index contributed by atoms with van der Waals surface area (Å²) in [5, 5.41) is 2.95. The molecule has 1 fully saturated rings. The molecule has 0 unspecified atom stereocenters. The maximum Gasteiger partial charge on any atom is 0.324 e. The van der Waals surface area contributed by atoms with Gasteiger partial charge in [-0.25, -0.2) is 24.7 Å². The highest BCUT2D eigenvalue weighted by atomic mass is 31.2. The van der Waals surface area contributed by atoms with Crippen LogP contribution >= 0.6 is 7.44 Å². The van der Waals surface area contributed by atoms with Crippen molar-refractivity contribution in [1.29, 1.82) is 0 Å². The zero-order valence-electron chi connectivity index (χ0n) is 22.3. The Labute approximate surface area is 216 Å². The number of nitrogens with zero attached hydrogens (tertiary/aromatic N) is 5. The third-order valence-corrected chi connectivity index (χ3v) is 8.38. The van der Waals surface area contributed by atoms with Gasteiger partial charge in [0.2, 0.25) is 7.44 Å². The fourth-order valence-electron chi connectivity index (χ4n) is 4.15. The summed E-state index contributed by atoms with van der Waals surface area (Å²) in [6, 6.07) is -1.59. The number of carbonyl (C=O) groups is 2. The van der Waals surface area contributed by atoms with Gasteiger partial charge in [-0.15, -0.1) is 0 Å². The molecule has 14 heteroatoms. The van der Waals surface area contributed by atoms with Gasteiger partial charge in [-0.05, 0) is 54.4 Å². The number of fused-ring (bicyclic) bond motifs is 1. The number of hydrogen-bond donors (Lipinski definition) is 2. The number of nitrogens with two attached hydrogens (primary N) is 1. The first-order valence-corrected chi connectivity index (χ1v) is 14.3. The van der Waals surface area contributed by atoms with E-state index in [-0.39, 0.29) is 24.4 Å². The molecule has 206 valence electrons. The van der Waals surface area contributed by atoms with Gasteiger partial charge in [-0.2, -0.15) is 0 Å². The Hall–Kier alpha value is -2.60. The zero-order valence-corrected chi connectivity index (χ0v) is 23.2. The Morgan fingerprint density at radius 3 is 2.51 bits per heavy atom. The minimum absolute atomic E-state index is 0.233. The van der Waals surface area contributed by atoms with Crippen LogP contribution < -0.4 is 10.8 Å². The molecule has 0 saturated carbocycles. The highest BCUT2D eigenvalue weighted by molar-refractivity contribution is 7.59. The van der Waals surface area contributed by atoms with Crippen LogP contribution in [0.25, 0.3) is 11.2 Å². The lowest BCUT2D eigenvalue weighted by atomic mass is 10.2. The fourth-order valence-corrected chi connectivity index (χ4v) is 6.82. The van der Waals surface area contributed by atoms with Crippen molar-refractivity contribution >= 4 is 36.4 Å². The van der Waals surface area contributed by atoms with Crippen molar-refractivity contribution in [2.45, 2.75) is 91.3 Å². The lowest BCUT2D eigenvalue weighted by molar-refractivity contribution is -0.151. The normalized spacial score (nSPS) is 19.7. The molecule has 4 atom stereocenters. The van der Waals surface area contributed by atoms with Gasteiger partial charge in [0.25, 0.3) is 0 Å². The molecule has 2 aromatic rings. The maximum absolute atomic E-state index is 14.4. The summed E-state index contributed by atoms with van der Waals surface area (Å²) >= 11 is 0. The van der Waals surface area contributed by atoms with Crippen LogP contribution in [0.15, 0.2) is 12.7 Å². The van der Waals surface area contributed by atoms with Crippen molar-refractivity contribution in [3.05, 3.63) is 12.7 Å². The number of carbonyl (C=O) groups excluding carboxylic acids is 2. The summed E-state index contributed by atoms with van der Waals surface area (Å²) in [6.45, 7) is 11.2. The van der Waals surface area contributed by atoms with Crippen molar-refractivity contribution in [3.8, 4) is 0 Å². The molecule has 3 N–H and O–H groups in total. The molecule has 13 nitrogen and oxygen atoms in total. The number of imidazole rings is 1. The highest BCUT2D eigenvalue weighted by Crippen LogP contribution is 2.51. The molecule has 37 heavy (non-hydrogen) atoms. The van der Waals surface area contributed by atoms with Crippen molar-refractivity contribution in [3.63, 3.8) is 0 Å². The third kappa shape index (κ3) is 7.25. The van der Waals surface area contributed by atoms with Gasteiger partial charge in [0.05, 0.1) is 31.2 Å². The Bertz CT molecular complexity index is 1140. The Morgan fingerprint density at radius 2 is 1.84 bits per heavy atom. The van der Waals surface area contributed by atoms with Crippen LogP contribution in [0.2, 0.25) is 0 Å². The average molecular weight is 540 g/mol. The zero-order chi connectivity index (χ0) is 27.3. The Kier molecular flexibility index (Phi) is 9.63. The lowest BCUT2D eigenvalue weighted by Gasteiger charge is -2.34. The molecule has 0 bridgehead atoms. The molecule has 0 radical (unpaired) electrons. The molecule has 3 rings (SSSR count). The molecule has 0 aliphatic carbocycles. The number of nitrogen functional groups attached to an aromatic ring is 1. The third-order valence-electron chi connectivity index (χ3n) is 5.78.